The van der Waals surface area contributed by atoms with E-state index >= 15 is 0 Å². The van der Waals surface area contributed by atoms with Crippen LogP contribution in [0.25, 0.3) is 0 Å². The standard InChI is InChI=1S/C19H22N4O2/c1-2-3-10-19(21-22-19)11-9-16(24)23-13-12-18(14-23,17(20)25)15-7-5-4-6-8-15/h1,4-8H,3,9-14H2,(H2,20,25). The van der Waals surface area contributed by atoms with Crippen molar-refractivity contribution in [3.8, 4) is 12.3 Å². The Bertz CT molecular complexity index is 732. The third-order valence-corrected chi connectivity index (χ3v) is 5.21. The Morgan fingerprint density at radius 1 is 1.24 bits per heavy atom. The minimum Gasteiger partial charge on any atom is -0.369 e. The second kappa shape index (κ2) is 6.67. The van der Waals surface area contributed by atoms with E-state index in [0.29, 0.717) is 45.2 Å². The van der Waals surface area contributed by atoms with Crippen molar-refractivity contribution >= 4 is 11.8 Å². The molecule has 0 spiro atoms. The summed E-state index contributed by atoms with van der Waals surface area (Å²) in [6.07, 6.45) is 8.04. The first kappa shape index (κ1) is 17.2. The molecule has 6 nitrogen and oxygen atoms in total. The maximum atomic E-state index is 12.6. The van der Waals surface area contributed by atoms with Crippen molar-refractivity contribution in [2.75, 3.05) is 13.1 Å². The third kappa shape index (κ3) is 3.41. The van der Waals surface area contributed by atoms with Crippen molar-refractivity contribution in [3.05, 3.63) is 35.9 Å². The molecule has 0 radical (unpaired) electrons. The largest absolute Gasteiger partial charge is 0.369 e. The number of terminal acetylenes is 1. The lowest BCUT2D eigenvalue weighted by molar-refractivity contribution is -0.131. The van der Waals surface area contributed by atoms with Gasteiger partial charge in [-0.15, -0.1) is 12.3 Å². The molecule has 1 atom stereocenters. The molecule has 1 unspecified atom stereocenters. The van der Waals surface area contributed by atoms with Gasteiger partial charge >= 0.3 is 0 Å². The fraction of sp³-hybridized carbons (Fsp3) is 0.474. The van der Waals surface area contributed by atoms with Crippen LogP contribution in [-0.4, -0.2) is 35.5 Å². The normalized spacial score (nSPS) is 23.2. The van der Waals surface area contributed by atoms with Gasteiger partial charge in [-0.25, -0.2) is 0 Å². The highest BCUT2D eigenvalue weighted by molar-refractivity contribution is 5.89. The van der Waals surface area contributed by atoms with Crippen molar-refractivity contribution in [1.82, 2.24) is 4.90 Å². The average Bonchev–Trinajstić information content (AvgIpc) is 3.25. The molecule has 1 aromatic carbocycles. The Morgan fingerprint density at radius 2 is 1.96 bits per heavy atom. The molecule has 0 aromatic heterocycles. The molecule has 2 heterocycles. The number of primary amides is 1. The summed E-state index contributed by atoms with van der Waals surface area (Å²) in [6.45, 7) is 0.860. The van der Waals surface area contributed by atoms with E-state index in [1.54, 1.807) is 4.90 Å². The number of benzene rings is 1. The summed E-state index contributed by atoms with van der Waals surface area (Å²) in [4.78, 5) is 26.5. The molecule has 2 amide bonds. The summed E-state index contributed by atoms with van der Waals surface area (Å²) in [5, 5.41) is 8.12. The maximum Gasteiger partial charge on any atom is 0.229 e. The zero-order valence-electron chi connectivity index (χ0n) is 14.1. The van der Waals surface area contributed by atoms with Crippen LogP contribution in [0.3, 0.4) is 0 Å². The number of nitrogens with zero attached hydrogens (tertiary/aromatic N) is 3. The van der Waals surface area contributed by atoms with Gasteiger partial charge in [0, 0.05) is 38.8 Å². The van der Waals surface area contributed by atoms with Gasteiger partial charge in [0.05, 0.1) is 5.41 Å². The van der Waals surface area contributed by atoms with Crippen LogP contribution < -0.4 is 5.73 Å². The Morgan fingerprint density at radius 3 is 2.56 bits per heavy atom. The molecule has 0 saturated carbocycles. The smallest absolute Gasteiger partial charge is 0.229 e. The van der Waals surface area contributed by atoms with E-state index in [1.165, 1.54) is 0 Å². The number of hydrogen-bond donors (Lipinski definition) is 1. The van der Waals surface area contributed by atoms with Gasteiger partial charge in [0.25, 0.3) is 0 Å². The van der Waals surface area contributed by atoms with Crippen molar-refractivity contribution in [2.45, 2.75) is 43.2 Å². The predicted molar refractivity (Wildman–Crippen MR) is 93.4 cm³/mol. The third-order valence-electron chi connectivity index (χ3n) is 5.21. The zero-order valence-corrected chi connectivity index (χ0v) is 14.1. The number of carbonyl (C=O) groups excluding carboxylic acids is 2. The quantitative estimate of drug-likeness (QED) is 0.771. The number of likely N-dealkylation sites (tertiary alicyclic amines) is 1. The maximum absolute atomic E-state index is 12.6. The van der Waals surface area contributed by atoms with Gasteiger partial charge in [-0.3, -0.25) is 9.59 Å². The SMILES string of the molecule is C#CCCC1(CCC(=O)N2CCC(C(N)=O)(c3ccccc3)C2)N=N1. The van der Waals surface area contributed by atoms with E-state index in [0.717, 1.165) is 5.56 Å². The minimum absolute atomic E-state index is 0.0106. The molecule has 130 valence electrons. The highest BCUT2D eigenvalue weighted by atomic mass is 16.2. The topological polar surface area (TPSA) is 88.1 Å². The molecular weight excluding hydrogens is 316 g/mol. The van der Waals surface area contributed by atoms with Gasteiger partial charge in [0.1, 0.15) is 0 Å². The molecule has 2 aliphatic rings. The van der Waals surface area contributed by atoms with Gasteiger partial charge in [0.15, 0.2) is 5.66 Å². The van der Waals surface area contributed by atoms with Crippen molar-refractivity contribution in [1.29, 1.82) is 0 Å². The van der Waals surface area contributed by atoms with Crippen LogP contribution in [0.4, 0.5) is 0 Å². The summed E-state index contributed by atoms with van der Waals surface area (Å²) in [7, 11) is 0. The van der Waals surface area contributed by atoms with Crippen LogP contribution in [-0.2, 0) is 15.0 Å². The van der Waals surface area contributed by atoms with E-state index in [2.05, 4.69) is 16.1 Å². The number of amides is 2. The highest BCUT2D eigenvalue weighted by Gasteiger charge is 2.46. The second-order valence-electron chi connectivity index (χ2n) is 6.76. The van der Waals surface area contributed by atoms with Gasteiger partial charge < -0.3 is 10.6 Å². The van der Waals surface area contributed by atoms with Gasteiger partial charge in [-0.1, -0.05) is 30.3 Å². The fourth-order valence-electron chi connectivity index (χ4n) is 3.49. The second-order valence-corrected chi connectivity index (χ2v) is 6.76. The number of nitrogens with two attached hydrogens (primary N) is 1. The van der Waals surface area contributed by atoms with Crippen LogP contribution >= 0.6 is 0 Å². The molecule has 2 N–H and O–H groups in total. The summed E-state index contributed by atoms with van der Waals surface area (Å²) in [5.41, 5.74) is 5.32. The van der Waals surface area contributed by atoms with Crippen molar-refractivity contribution in [2.24, 2.45) is 16.0 Å². The van der Waals surface area contributed by atoms with Crippen LogP contribution in [0.15, 0.2) is 40.6 Å². The zero-order chi connectivity index (χ0) is 17.9. The first-order valence-electron chi connectivity index (χ1n) is 8.52. The van der Waals surface area contributed by atoms with Gasteiger partial charge in [-0.2, -0.15) is 10.2 Å². The molecular formula is C19H22N4O2. The van der Waals surface area contributed by atoms with Gasteiger partial charge in [-0.05, 0) is 12.0 Å². The van der Waals surface area contributed by atoms with E-state index < -0.39 is 11.1 Å². The van der Waals surface area contributed by atoms with Gasteiger partial charge in [0.2, 0.25) is 11.8 Å². The molecule has 25 heavy (non-hydrogen) atoms. The van der Waals surface area contributed by atoms with Crippen molar-refractivity contribution < 1.29 is 9.59 Å². The van der Waals surface area contributed by atoms with E-state index in [4.69, 9.17) is 12.2 Å². The van der Waals surface area contributed by atoms with E-state index in [-0.39, 0.29) is 11.8 Å². The van der Waals surface area contributed by atoms with Crippen LogP contribution in [0, 0.1) is 12.3 Å². The highest BCUT2D eigenvalue weighted by Crippen LogP contribution is 2.39. The average molecular weight is 338 g/mol. The minimum atomic E-state index is -0.799. The number of carbonyl (C=O) groups is 2. The number of rotatable bonds is 7. The van der Waals surface area contributed by atoms with Crippen LogP contribution in [0.2, 0.25) is 0 Å². The lowest BCUT2D eigenvalue weighted by Gasteiger charge is -2.26. The molecule has 1 aromatic rings. The first-order valence-corrected chi connectivity index (χ1v) is 8.52. The Kier molecular flexibility index (Phi) is 4.58. The molecule has 2 aliphatic heterocycles. The summed E-state index contributed by atoms with van der Waals surface area (Å²) >= 11 is 0. The molecule has 6 heteroatoms. The summed E-state index contributed by atoms with van der Waals surface area (Å²) in [6, 6.07) is 9.46. The van der Waals surface area contributed by atoms with E-state index in [1.807, 2.05) is 30.3 Å². The molecule has 1 saturated heterocycles. The monoisotopic (exact) mass is 338 g/mol. The first-order chi connectivity index (χ1) is 12.0. The Hall–Kier alpha value is -2.68. The molecule has 0 aliphatic carbocycles. The van der Waals surface area contributed by atoms with Crippen LogP contribution in [0.5, 0.6) is 0 Å². The lowest BCUT2D eigenvalue weighted by Crippen LogP contribution is -2.44. The summed E-state index contributed by atoms with van der Waals surface area (Å²) in [5.74, 6) is 2.21. The molecule has 3 rings (SSSR count). The van der Waals surface area contributed by atoms with Crippen LogP contribution in [0.1, 0.15) is 37.7 Å². The lowest BCUT2D eigenvalue weighted by atomic mass is 9.79. The fourth-order valence-corrected chi connectivity index (χ4v) is 3.49. The van der Waals surface area contributed by atoms with Crippen molar-refractivity contribution in [3.63, 3.8) is 0 Å². The molecule has 0 bridgehead atoms. The molecule has 1 fully saturated rings. The predicted octanol–water partition coefficient (Wildman–Crippen LogP) is 2.00. The Balaban J connectivity index is 1.62. The summed E-state index contributed by atoms with van der Waals surface area (Å²) < 4.78 is 0. The van der Waals surface area contributed by atoms with E-state index in [9.17, 15) is 9.59 Å². The Labute approximate surface area is 147 Å². The number of hydrogen-bond acceptors (Lipinski definition) is 4.